The summed E-state index contributed by atoms with van der Waals surface area (Å²) >= 11 is 0. The minimum atomic E-state index is 0.256. The molecular weight excluding hydrogens is 222 g/mol. The Labute approximate surface area is 112 Å². The van der Waals surface area contributed by atoms with Crippen LogP contribution < -0.4 is 0 Å². The molecule has 1 unspecified atom stereocenters. The lowest BCUT2D eigenvalue weighted by Crippen LogP contribution is -2.24. The molecule has 0 aliphatic heterocycles. The Morgan fingerprint density at radius 2 is 1.94 bits per heavy atom. The average Bonchev–Trinajstić information content (AvgIpc) is 2.65. The van der Waals surface area contributed by atoms with Crippen LogP contribution in [0.4, 0.5) is 0 Å². The van der Waals surface area contributed by atoms with Crippen molar-refractivity contribution in [1.29, 1.82) is 0 Å². The van der Waals surface area contributed by atoms with E-state index in [2.05, 4.69) is 17.9 Å². The number of hydrogen-bond donors (Lipinski definition) is 0. The van der Waals surface area contributed by atoms with Crippen LogP contribution in [-0.4, -0.2) is 31.3 Å². The van der Waals surface area contributed by atoms with Crippen LogP contribution in [0.15, 0.2) is 11.6 Å². The van der Waals surface area contributed by atoms with Gasteiger partial charge in [0.05, 0.1) is 0 Å². The van der Waals surface area contributed by atoms with Crippen LogP contribution in [0.25, 0.3) is 0 Å². The van der Waals surface area contributed by atoms with Crippen molar-refractivity contribution < 1.29 is 4.79 Å². The van der Waals surface area contributed by atoms with E-state index in [4.69, 9.17) is 0 Å². The second-order valence-electron chi connectivity index (χ2n) is 5.79. The van der Waals surface area contributed by atoms with Crippen LogP contribution >= 0.6 is 0 Å². The van der Waals surface area contributed by atoms with Crippen molar-refractivity contribution in [2.75, 3.05) is 20.6 Å². The van der Waals surface area contributed by atoms with E-state index < -0.39 is 0 Å². The number of carbonyl (C=O) groups excluding carboxylic acids is 1. The summed E-state index contributed by atoms with van der Waals surface area (Å²) in [5, 5.41) is 0. The van der Waals surface area contributed by atoms with E-state index in [1.54, 1.807) is 0 Å². The predicted molar refractivity (Wildman–Crippen MR) is 77.7 cm³/mol. The summed E-state index contributed by atoms with van der Waals surface area (Å²) in [7, 11) is 4.09. The Kier molecular flexibility index (Phi) is 7.26. The van der Waals surface area contributed by atoms with Gasteiger partial charge in [0.25, 0.3) is 0 Å². The smallest absolute Gasteiger partial charge is 0.162 e. The fourth-order valence-electron chi connectivity index (χ4n) is 2.69. The molecule has 0 saturated heterocycles. The molecule has 18 heavy (non-hydrogen) atoms. The average molecular weight is 251 g/mol. The van der Waals surface area contributed by atoms with Crippen molar-refractivity contribution in [3.63, 3.8) is 0 Å². The predicted octanol–water partition coefficient (Wildman–Crippen LogP) is 3.81. The largest absolute Gasteiger partial charge is 0.309 e. The van der Waals surface area contributed by atoms with Crippen LogP contribution in [-0.2, 0) is 4.79 Å². The Morgan fingerprint density at radius 1 is 1.22 bits per heavy atom. The molecular formula is C16H29NO. The van der Waals surface area contributed by atoms with Gasteiger partial charge < -0.3 is 4.90 Å². The zero-order valence-corrected chi connectivity index (χ0v) is 12.4. The van der Waals surface area contributed by atoms with Crippen molar-refractivity contribution in [2.24, 2.45) is 5.92 Å². The molecule has 0 N–H and O–H groups in total. The first kappa shape index (κ1) is 15.4. The highest BCUT2D eigenvalue weighted by Gasteiger charge is 2.28. The van der Waals surface area contributed by atoms with Crippen LogP contribution in [0.5, 0.6) is 0 Å². The highest BCUT2D eigenvalue weighted by atomic mass is 16.1. The van der Waals surface area contributed by atoms with E-state index in [9.17, 15) is 4.79 Å². The summed E-state index contributed by atoms with van der Waals surface area (Å²) in [5.41, 5.74) is 1.11. The molecule has 1 atom stereocenters. The van der Waals surface area contributed by atoms with Gasteiger partial charge in [-0.1, -0.05) is 38.7 Å². The first-order chi connectivity index (χ1) is 8.65. The molecule has 2 nitrogen and oxygen atoms in total. The molecule has 0 amide bonds. The minimum Gasteiger partial charge on any atom is -0.309 e. The van der Waals surface area contributed by atoms with Crippen molar-refractivity contribution in [1.82, 2.24) is 4.90 Å². The Hall–Kier alpha value is -0.630. The Bertz CT molecular complexity index is 281. The number of Topliss-reactive ketones (excluding diaryl/α,β-unsaturated/α-hetero) is 1. The molecule has 0 bridgehead atoms. The van der Waals surface area contributed by atoms with Gasteiger partial charge >= 0.3 is 0 Å². The molecule has 104 valence electrons. The number of ketones is 1. The summed E-state index contributed by atoms with van der Waals surface area (Å²) in [6.45, 7) is 3.15. The maximum atomic E-state index is 12.1. The van der Waals surface area contributed by atoms with Crippen molar-refractivity contribution in [2.45, 2.75) is 58.3 Å². The molecule has 0 radical (unpaired) electrons. The number of unbranched alkanes of at least 4 members (excludes halogenated alkanes) is 5. The molecule has 0 heterocycles. The van der Waals surface area contributed by atoms with Crippen molar-refractivity contribution in [3.8, 4) is 0 Å². The molecule has 1 aliphatic carbocycles. The summed E-state index contributed by atoms with van der Waals surface area (Å²) in [4.78, 5) is 14.2. The topological polar surface area (TPSA) is 20.3 Å². The van der Waals surface area contributed by atoms with E-state index >= 15 is 0 Å². The minimum absolute atomic E-state index is 0.256. The molecule has 0 spiro atoms. The lowest BCUT2D eigenvalue weighted by molar-refractivity contribution is -0.118. The van der Waals surface area contributed by atoms with Gasteiger partial charge in [-0.05, 0) is 45.4 Å². The fraction of sp³-hybridized carbons (Fsp3) is 0.812. The first-order valence-corrected chi connectivity index (χ1v) is 7.53. The zero-order valence-electron chi connectivity index (χ0n) is 12.4. The van der Waals surface area contributed by atoms with Crippen molar-refractivity contribution >= 4 is 5.78 Å². The Morgan fingerprint density at radius 3 is 2.61 bits per heavy atom. The van der Waals surface area contributed by atoms with Gasteiger partial charge in [-0.25, -0.2) is 0 Å². The van der Waals surface area contributed by atoms with E-state index in [0.717, 1.165) is 31.4 Å². The SMILES string of the molecule is CCCCCCC/C=C1\CCC(CN(C)C)C1=O. The monoisotopic (exact) mass is 251 g/mol. The number of allylic oxidation sites excluding steroid dienone is 2. The molecule has 2 heteroatoms. The van der Waals surface area contributed by atoms with E-state index in [-0.39, 0.29) is 5.92 Å². The number of hydrogen-bond acceptors (Lipinski definition) is 2. The van der Waals surface area contributed by atoms with Gasteiger partial charge in [0.1, 0.15) is 0 Å². The van der Waals surface area contributed by atoms with Gasteiger partial charge in [-0.2, -0.15) is 0 Å². The summed E-state index contributed by atoms with van der Waals surface area (Å²) in [5.74, 6) is 0.670. The number of rotatable bonds is 8. The van der Waals surface area contributed by atoms with E-state index in [0.29, 0.717) is 5.78 Å². The maximum Gasteiger partial charge on any atom is 0.162 e. The molecule has 1 aliphatic rings. The Balaban J connectivity index is 2.24. The van der Waals surface area contributed by atoms with Crippen LogP contribution in [0, 0.1) is 5.92 Å². The quantitative estimate of drug-likeness (QED) is 0.483. The van der Waals surface area contributed by atoms with Crippen LogP contribution in [0.1, 0.15) is 58.3 Å². The third-order valence-electron chi connectivity index (χ3n) is 3.73. The molecule has 0 aromatic heterocycles. The molecule has 1 fully saturated rings. The van der Waals surface area contributed by atoms with Crippen molar-refractivity contribution in [3.05, 3.63) is 11.6 Å². The van der Waals surface area contributed by atoms with Gasteiger partial charge in [-0.15, -0.1) is 0 Å². The normalized spacial score (nSPS) is 22.3. The molecule has 1 saturated carbocycles. The van der Waals surface area contributed by atoms with E-state index in [1.165, 1.54) is 32.1 Å². The third-order valence-corrected chi connectivity index (χ3v) is 3.73. The summed E-state index contributed by atoms with van der Waals surface area (Å²) in [6, 6.07) is 0. The first-order valence-electron chi connectivity index (χ1n) is 7.53. The van der Waals surface area contributed by atoms with Gasteiger partial charge in [-0.3, -0.25) is 4.79 Å². The second-order valence-corrected chi connectivity index (χ2v) is 5.79. The second kappa shape index (κ2) is 8.47. The van der Waals surface area contributed by atoms with Gasteiger partial charge in [0, 0.05) is 12.5 Å². The van der Waals surface area contributed by atoms with Crippen LogP contribution in [0.2, 0.25) is 0 Å². The summed E-state index contributed by atoms with van der Waals surface area (Å²) in [6.07, 6.45) is 11.9. The maximum absolute atomic E-state index is 12.1. The lowest BCUT2D eigenvalue weighted by atomic mass is 10.0. The lowest BCUT2D eigenvalue weighted by Gasteiger charge is -2.13. The highest BCUT2D eigenvalue weighted by Crippen LogP contribution is 2.27. The number of carbonyl (C=O) groups is 1. The van der Waals surface area contributed by atoms with Gasteiger partial charge in [0.2, 0.25) is 0 Å². The fourth-order valence-corrected chi connectivity index (χ4v) is 2.69. The van der Waals surface area contributed by atoms with Crippen LogP contribution in [0.3, 0.4) is 0 Å². The molecule has 0 aromatic rings. The number of nitrogens with zero attached hydrogens (tertiary/aromatic N) is 1. The standard InChI is InChI=1S/C16H29NO/c1-4-5-6-7-8-9-10-14-11-12-15(16(14)18)13-17(2)3/h10,15H,4-9,11-13H2,1-3H3/b14-10+. The molecule has 1 rings (SSSR count). The summed E-state index contributed by atoms with van der Waals surface area (Å²) < 4.78 is 0. The molecule has 0 aromatic carbocycles. The highest BCUT2D eigenvalue weighted by molar-refractivity contribution is 5.99. The zero-order chi connectivity index (χ0) is 13.4. The third kappa shape index (κ3) is 5.34. The van der Waals surface area contributed by atoms with Gasteiger partial charge in [0.15, 0.2) is 5.78 Å². The van der Waals surface area contributed by atoms with E-state index in [1.807, 2.05) is 14.1 Å².